The number of nitrogens with zero attached hydrogens (tertiary/aromatic N) is 1. The average Bonchev–Trinajstić information content (AvgIpc) is 2.74. The maximum absolute atomic E-state index is 13.8. The fraction of sp³-hybridized carbons (Fsp3) is 0.133. The number of rotatable bonds is 2. The van der Waals surface area contributed by atoms with Gasteiger partial charge in [0.1, 0.15) is 5.82 Å². The van der Waals surface area contributed by atoms with E-state index in [0.717, 1.165) is 11.1 Å². The van der Waals surface area contributed by atoms with Crippen LogP contribution >= 0.6 is 39.7 Å². The van der Waals surface area contributed by atoms with Crippen LogP contribution in [0.4, 0.5) is 4.39 Å². The number of hydrogen-bond donors (Lipinski definition) is 1. The molecular formula is C15H11BrClFN2S. The van der Waals surface area contributed by atoms with E-state index in [2.05, 4.69) is 20.9 Å². The first kappa shape index (κ1) is 14.8. The minimum atomic E-state index is -0.323. The Morgan fingerprint density at radius 2 is 2.05 bits per heavy atom. The van der Waals surface area contributed by atoms with Crippen LogP contribution in [0.5, 0.6) is 0 Å². The lowest BCUT2D eigenvalue weighted by Gasteiger charge is -2.16. The second-order valence-corrected chi connectivity index (χ2v) is 6.43. The van der Waals surface area contributed by atoms with Gasteiger partial charge in [0.25, 0.3) is 0 Å². The number of hydrogen-bond acceptors (Lipinski definition) is 1. The van der Waals surface area contributed by atoms with Crippen molar-refractivity contribution in [3.05, 3.63) is 62.0 Å². The van der Waals surface area contributed by atoms with Crippen LogP contribution in [0.1, 0.15) is 18.5 Å². The van der Waals surface area contributed by atoms with E-state index >= 15 is 0 Å². The van der Waals surface area contributed by atoms with E-state index in [0.29, 0.717) is 19.8 Å². The lowest BCUT2D eigenvalue weighted by atomic mass is 10.1. The minimum Gasteiger partial charge on any atom is -0.331 e. The molecule has 0 aliphatic heterocycles. The van der Waals surface area contributed by atoms with Crippen LogP contribution in [0.3, 0.4) is 0 Å². The van der Waals surface area contributed by atoms with Crippen LogP contribution in [0, 0.1) is 10.6 Å². The molecule has 0 saturated carbocycles. The Labute approximate surface area is 139 Å². The third kappa shape index (κ3) is 2.54. The van der Waals surface area contributed by atoms with Gasteiger partial charge in [-0.2, -0.15) is 0 Å². The molecule has 1 unspecified atom stereocenters. The summed E-state index contributed by atoms with van der Waals surface area (Å²) in [6.07, 6.45) is 0. The van der Waals surface area contributed by atoms with Crippen molar-refractivity contribution in [1.29, 1.82) is 0 Å². The number of imidazole rings is 1. The van der Waals surface area contributed by atoms with Crippen molar-refractivity contribution in [2.45, 2.75) is 13.0 Å². The van der Waals surface area contributed by atoms with Gasteiger partial charge in [-0.3, -0.25) is 0 Å². The van der Waals surface area contributed by atoms with Gasteiger partial charge in [0.2, 0.25) is 0 Å². The third-order valence-corrected chi connectivity index (χ3v) is 4.75. The Hall–Kier alpha value is -1.17. The molecule has 6 heteroatoms. The van der Waals surface area contributed by atoms with Gasteiger partial charge in [0.15, 0.2) is 4.77 Å². The lowest BCUT2D eigenvalue weighted by Crippen LogP contribution is -2.07. The summed E-state index contributed by atoms with van der Waals surface area (Å²) < 4.78 is 16.7. The van der Waals surface area contributed by atoms with Gasteiger partial charge in [-0.25, -0.2) is 4.39 Å². The largest absolute Gasteiger partial charge is 0.331 e. The first-order chi connectivity index (χ1) is 9.99. The Morgan fingerprint density at radius 3 is 2.76 bits per heavy atom. The van der Waals surface area contributed by atoms with Crippen molar-refractivity contribution in [1.82, 2.24) is 9.55 Å². The quantitative estimate of drug-likeness (QED) is 0.548. The Kier molecular flexibility index (Phi) is 3.90. The highest BCUT2D eigenvalue weighted by Crippen LogP contribution is 2.30. The zero-order valence-electron chi connectivity index (χ0n) is 11.0. The number of H-pyrrole nitrogens is 1. The van der Waals surface area contributed by atoms with Crippen LogP contribution in [-0.2, 0) is 0 Å². The summed E-state index contributed by atoms with van der Waals surface area (Å²) in [6, 6.07) is 10.7. The molecule has 0 fully saturated rings. The molecule has 2 nitrogen and oxygen atoms in total. The summed E-state index contributed by atoms with van der Waals surface area (Å²) in [4.78, 5) is 3.10. The summed E-state index contributed by atoms with van der Waals surface area (Å²) in [7, 11) is 0. The normalized spacial score (nSPS) is 12.8. The van der Waals surface area contributed by atoms with Crippen LogP contribution in [0.25, 0.3) is 11.0 Å². The van der Waals surface area contributed by atoms with Crippen molar-refractivity contribution in [2.24, 2.45) is 0 Å². The molecule has 0 spiro atoms. The summed E-state index contributed by atoms with van der Waals surface area (Å²) in [5.74, 6) is -0.323. The maximum atomic E-state index is 13.8. The summed E-state index contributed by atoms with van der Waals surface area (Å²) in [5, 5.41) is 0.666. The monoisotopic (exact) mass is 384 g/mol. The predicted octanol–water partition coefficient (Wildman–Crippen LogP) is 5.86. The van der Waals surface area contributed by atoms with Gasteiger partial charge >= 0.3 is 0 Å². The Morgan fingerprint density at radius 1 is 1.33 bits per heavy atom. The van der Waals surface area contributed by atoms with E-state index in [1.807, 2.05) is 35.8 Å². The predicted molar refractivity (Wildman–Crippen MR) is 90.0 cm³/mol. The van der Waals surface area contributed by atoms with Crippen molar-refractivity contribution >= 4 is 50.8 Å². The van der Waals surface area contributed by atoms with Crippen molar-refractivity contribution in [2.75, 3.05) is 0 Å². The number of halogens is 3. The van der Waals surface area contributed by atoms with E-state index in [-0.39, 0.29) is 11.9 Å². The third-order valence-electron chi connectivity index (χ3n) is 3.50. The van der Waals surface area contributed by atoms with Gasteiger partial charge in [-0.15, -0.1) is 0 Å². The van der Waals surface area contributed by atoms with Crippen LogP contribution in [0.2, 0.25) is 5.02 Å². The molecule has 0 amide bonds. The molecule has 1 aromatic heterocycles. The highest BCUT2D eigenvalue weighted by molar-refractivity contribution is 9.10. The van der Waals surface area contributed by atoms with Gasteiger partial charge < -0.3 is 9.55 Å². The molecule has 21 heavy (non-hydrogen) atoms. The van der Waals surface area contributed by atoms with Gasteiger partial charge in [-0.1, -0.05) is 29.8 Å². The van der Waals surface area contributed by atoms with Crippen LogP contribution in [-0.4, -0.2) is 9.55 Å². The van der Waals surface area contributed by atoms with Crippen molar-refractivity contribution < 1.29 is 4.39 Å². The van der Waals surface area contributed by atoms with Crippen LogP contribution < -0.4 is 0 Å². The molecule has 2 aromatic carbocycles. The Balaban J connectivity index is 2.25. The minimum absolute atomic E-state index is 0.0967. The molecular weight excluding hydrogens is 375 g/mol. The van der Waals surface area contributed by atoms with E-state index in [1.54, 1.807) is 6.07 Å². The molecule has 1 atom stereocenters. The second kappa shape index (κ2) is 5.55. The summed E-state index contributed by atoms with van der Waals surface area (Å²) in [5.41, 5.74) is 2.44. The molecule has 3 aromatic rings. The zero-order valence-corrected chi connectivity index (χ0v) is 14.2. The topological polar surface area (TPSA) is 20.7 Å². The first-order valence-electron chi connectivity index (χ1n) is 6.32. The van der Waals surface area contributed by atoms with E-state index in [1.165, 1.54) is 6.07 Å². The number of fused-ring (bicyclic) bond motifs is 1. The maximum Gasteiger partial charge on any atom is 0.178 e. The first-order valence-corrected chi connectivity index (χ1v) is 7.90. The molecule has 3 rings (SSSR count). The average molecular weight is 386 g/mol. The van der Waals surface area contributed by atoms with Gasteiger partial charge in [-0.05, 0) is 52.8 Å². The Bertz CT molecular complexity index is 887. The van der Waals surface area contributed by atoms with Crippen molar-refractivity contribution in [3.63, 3.8) is 0 Å². The van der Waals surface area contributed by atoms with Gasteiger partial charge in [0, 0.05) is 11.1 Å². The standard InChI is InChI=1S/C15H11BrClFN2S/c1-8(9-4-2-3-5-11(9)17)20-14-7-12(18)10(16)6-13(14)19-15(20)21/h2-8H,1H3,(H,19,21). The van der Waals surface area contributed by atoms with E-state index in [9.17, 15) is 4.39 Å². The molecule has 0 bridgehead atoms. The smallest absolute Gasteiger partial charge is 0.178 e. The molecule has 1 N–H and O–H groups in total. The summed E-state index contributed by atoms with van der Waals surface area (Å²) >= 11 is 14.8. The van der Waals surface area contributed by atoms with Gasteiger partial charge in [0.05, 0.1) is 21.5 Å². The highest BCUT2D eigenvalue weighted by Gasteiger charge is 2.16. The molecule has 0 saturated heterocycles. The zero-order chi connectivity index (χ0) is 15.1. The van der Waals surface area contributed by atoms with E-state index < -0.39 is 0 Å². The fourth-order valence-electron chi connectivity index (χ4n) is 2.46. The highest BCUT2D eigenvalue weighted by atomic mass is 79.9. The number of benzene rings is 2. The van der Waals surface area contributed by atoms with E-state index in [4.69, 9.17) is 23.8 Å². The lowest BCUT2D eigenvalue weighted by molar-refractivity contribution is 0.617. The number of aromatic amines is 1. The van der Waals surface area contributed by atoms with Crippen molar-refractivity contribution in [3.8, 4) is 0 Å². The summed E-state index contributed by atoms with van der Waals surface area (Å²) in [6.45, 7) is 1.99. The van der Waals surface area contributed by atoms with Crippen LogP contribution in [0.15, 0.2) is 40.9 Å². The molecule has 108 valence electrons. The molecule has 0 aliphatic rings. The fourth-order valence-corrected chi connectivity index (χ4v) is 3.46. The SMILES string of the molecule is CC(c1ccccc1Cl)n1c(=S)[nH]c2cc(Br)c(F)cc21. The number of nitrogens with one attached hydrogen (secondary N) is 1. The molecule has 0 radical (unpaired) electrons. The molecule has 0 aliphatic carbocycles. The second-order valence-electron chi connectivity index (χ2n) is 4.78. The molecule has 1 heterocycles. The number of aromatic nitrogens is 2.